The van der Waals surface area contributed by atoms with Gasteiger partial charge in [-0.25, -0.2) is 4.68 Å². The number of rotatable bonds is 5. The highest BCUT2D eigenvalue weighted by Gasteiger charge is 2.44. The van der Waals surface area contributed by atoms with E-state index in [1.807, 2.05) is 22.9 Å². The van der Waals surface area contributed by atoms with Crippen LogP contribution in [0.15, 0.2) is 18.2 Å². The van der Waals surface area contributed by atoms with Crippen molar-refractivity contribution in [2.24, 2.45) is 11.8 Å². The Morgan fingerprint density at radius 1 is 1.24 bits per heavy atom. The lowest BCUT2D eigenvalue weighted by Gasteiger charge is -2.18. The smallest absolute Gasteiger partial charge is 0.186 e. The number of benzene rings is 1. The third-order valence-corrected chi connectivity index (χ3v) is 4.48. The Hall–Kier alpha value is -2.11. The zero-order chi connectivity index (χ0) is 14.4. The molecule has 2 aliphatic carbocycles. The molecule has 0 atom stereocenters. The number of ether oxygens (including phenoxy) is 1. The zero-order valence-corrected chi connectivity index (χ0v) is 12.1. The summed E-state index contributed by atoms with van der Waals surface area (Å²) in [5.41, 5.74) is 7.48. The summed E-state index contributed by atoms with van der Waals surface area (Å²) in [6, 6.07) is 6.14. The number of nitrogens with zero attached hydrogens (tertiary/aromatic N) is 4. The van der Waals surface area contributed by atoms with Crippen molar-refractivity contribution in [3.05, 3.63) is 18.2 Å². The maximum atomic E-state index is 6.01. The van der Waals surface area contributed by atoms with Crippen molar-refractivity contribution < 1.29 is 4.74 Å². The first kappa shape index (κ1) is 12.6. The van der Waals surface area contributed by atoms with E-state index in [0.717, 1.165) is 23.2 Å². The van der Waals surface area contributed by atoms with Gasteiger partial charge in [-0.2, -0.15) is 0 Å². The van der Waals surface area contributed by atoms with Crippen molar-refractivity contribution in [3.63, 3.8) is 0 Å². The topological polar surface area (TPSA) is 78.8 Å². The molecule has 0 bridgehead atoms. The lowest BCUT2D eigenvalue weighted by Crippen LogP contribution is -2.16. The SMILES string of the molecule is COc1c(N)cccc1-c1nnnn1C(C1CC1)C1CC1. The lowest BCUT2D eigenvalue weighted by molar-refractivity contribution is 0.356. The molecule has 2 saturated carbocycles. The van der Waals surface area contributed by atoms with E-state index in [1.54, 1.807) is 7.11 Å². The van der Waals surface area contributed by atoms with Gasteiger partial charge in [0, 0.05) is 0 Å². The summed E-state index contributed by atoms with van der Waals surface area (Å²) in [6.07, 6.45) is 5.14. The Balaban J connectivity index is 1.80. The van der Waals surface area contributed by atoms with E-state index >= 15 is 0 Å². The molecule has 2 aromatic rings. The number of para-hydroxylation sites is 1. The second kappa shape index (κ2) is 4.72. The van der Waals surface area contributed by atoms with E-state index in [1.165, 1.54) is 25.7 Å². The van der Waals surface area contributed by atoms with E-state index in [-0.39, 0.29) is 0 Å². The molecule has 6 heteroatoms. The van der Waals surface area contributed by atoms with Crippen LogP contribution in [0.3, 0.4) is 0 Å². The molecule has 0 saturated heterocycles. The van der Waals surface area contributed by atoms with E-state index in [0.29, 0.717) is 17.5 Å². The maximum Gasteiger partial charge on any atom is 0.186 e. The van der Waals surface area contributed by atoms with Crippen LogP contribution >= 0.6 is 0 Å². The van der Waals surface area contributed by atoms with Crippen molar-refractivity contribution in [1.29, 1.82) is 0 Å². The Kier molecular flexibility index (Phi) is 2.83. The maximum absolute atomic E-state index is 6.01. The minimum absolute atomic E-state index is 0.432. The number of nitrogens with two attached hydrogens (primary N) is 1. The van der Waals surface area contributed by atoms with Gasteiger partial charge < -0.3 is 10.5 Å². The molecule has 1 heterocycles. The quantitative estimate of drug-likeness (QED) is 0.853. The van der Waals surface area contributed by atoms with E-state index in [9.17, 15) is 0 Å². The molecule has 0 radical (unpaired) electrons. The number of aromatic nitrogens is 4. The van der Waals surface area contributed by atoms with E-state index in [2.05, 4.69) is 15.5 Å². The first-order chi connectivity index (χ1) is 10.3. The molecule has 0 spiro atoms. The van der Waals surface area contributed by atoms with Gasteiger partial charge in [-0.15, -0.1) is 5.10 Å². The second-order valence-electron chi connectivity index (χ2n) is 6.04. The van der Waals surface area contributed by atoms with Crippen molar-refractivity contribution in [2.45, 2.75) is 31.7 Å². The summed E-state index contributed by atoms with van der Waals surface area (Å²) in [5.74, 6) is 2.88. The van der Waals surface area contributed by atoms with Gasteiger partial charge in [-0.1, -0.05) is 6.07 Å². The molecule has 4 rings (SSSR count). The second-order valence-corrected chi connectivity index (χ2v) is 6.04. The summed E-state index contributed by atoms with van der Waals surface area (Å²) < 4.78 is 7.46. The highest BCUT2D eigenvalue weighted by Crippen LogP contribution is 2.52. The average Bonchev–Trinajstić information content (AvgIpc) is 3.40. The van der Waals surface area contributed by atoms with E-state index < -0.39 is 0 Å². The average molecular weight is 285 g/mol. The highest BCUT2D eigenvalue weighted by atomic mass is 16.5. The molecule has 21 heavy (non-hydrogen) atoms. The lowest BCUT2D eigenvalue weighted by atomic mass is 10.1. The van der Waals surface area contributed by atoms with Crippen LogP contribution in [0.1, 0.15) is 31.7 Å². The van der Waals surface area contributed by atoms with Crippen LogP contribution in [-0.4, -0.2) is 27.3 Å². The Labute approximate surface area is 123 Å². The number of hydrogen-bond acceptors (Lipinski definition) is 5. The first-order valence-corrected chi connectivity index (χ1v) is 7.50. The summed E-state index contributed by atoms with van der Waals surface area (Å²) in [7, 11) is 1.63. The molecular weight excluding hydrogens is 266 g/mol. The largest absolute Gasteiger partial charge is 0.494 e. The van der Waals surface area contributed by atoms with Crippen LogP contribution in [-0.2, 0) is 0 Å². The van der Waals surface area contributed by atoms with Crippen molar-refractivity contribution in [2.75, 3.05) is 12.8 Å². The van der Waals surface area contributed by atoms with Gasteiger partial charge in [0.15, 0.2) is 11.6 Å². The molecule has 1 aromatic carbocycles. The van der Waals surface area contributed by atoms with Gasteiger partial charge >= 0.3 is 0 Å². The Morgan fingerprint density at radius 2 is 1.95 bits per heavy atom. The molecule has 2 N–H and O–H groups in total. The number of nitrogen functional groups attached to an aromatic ring is 1. The van der Waals surface area contributed by atoms with Gasteiger partial charge in [0.25, 0.3) is 0 Å². The number of hydrogen-bond donors (Lipinski definition) is 1. The minimum Gasteiger partial charge on any atom is -0.494 e. The number of methoxy groups -OCH3 is 1. The normalized spacial score (nSPS) is 18.2. The van der Waals surface area contributed by atoms with Crippen LogP contribution < -0.4 is 10.5 Å². The predicted octanol–water partition coefficient (Wildman–Crippen LogP) is 2.29. The van der Waals surface area contributed by atoms with Gasteiger partial charge in [0.2, 0.25) is 0 Å². The van der Waals surface area contributed by atoms with E-state index in [4.69, 9.17) is 10.5 Å². The van der Waals surface area contributed by atoms with Crippen molar-refractivity contribution >= 4 is 5.69 Å². The van der Waals surface area contributed by atoms with Gasteiger partial charge in [0.05, 0.1) is 24.4 Å². The molecule has 0 amide bonds. The van der Waals surface area contributed by atoms with Crippen molar-refractivity contribution in [3.8, 4) is 17.1 Å². The molecule has 110 valence electrons. The molecular formula is C15H19N5O. The molecule has 2 fully saturated rings. The summed E-state index contributed by atoms with van der Waals surface area (Å²) in [6.45, 7) is 0. The van der Waals surface area contributed by atoms with Gasteiger partial charge in [0.1, 0.15) is 0 Å². The van der Waals surface area contributed by atoms with Crippen LogP contribution in [0.4, 0.5) is 5.69 Å². The van der Waals surface area contributed by atoms with Crippen LogP contribution in [0, 0.1) is 11.8 Å². The minimum atomic E-state index is 0.432. The monoisotopic (exact) mass is 285 g/mol. The van der Waals surface area contributed by atoms with Crippen LogP contribution in [0.2, 0.25) is 0 Å². The molecule has 6 nitrogen and oxygen atoms in total. The third-order valence-electron chi connectivity index (χ3n) is 4.48. The standard InChI is InChI=1S/C15H19N5O/c1-21-14-11(3-2-4-12(14)16)15-17-18-19-20(15)13(9-5-6-9)10-7-8-10/h2-4,9-10,13H,5-8,16H2,1H3. The Bertz CT molecular complexity index is 648. The fourth-order valence-corrected chi connectivity index (χ4v) is 3.19. The zero-order valence-electron chi connectivity index (χ0n) is 12.1. The third kappa shape index (κ3) is 2.14. The Morgan fingerprint density at radius 3 is 2.57 bits per heavy atom. The van der Waals surface area contributed by atoms with Crippen LogP contribution in [0.25, 0.3) is 11.4 Å². The fraction of sp³-hybridized carbons (Fsp3) is 0.533. The molecule has 0 unspecified atom stereocenters. The summed E-state index contributed by atoms with van der Waals surface area (Å²) in [4.78, 5) is 0. The fourth-order valence-electron chi connectivity index (χ4n) is 3.19. The first-order valence-electron chi connectivity index (χ1n) is 7.50. The molecule has 2 aliphatic rings. The highest BCUT2D eigenvalue weighted by molar-refractivity contribution is 5.73. The number of tetrazole rings is 1. The predicted molar refractivity (Wildman–Crippen MR) is 78.7 cm³/mol. The van der Waals surface area contributed by atoms with Crippen molar-refractivity contribution in [1.82, 2.24) is 20.2 Å². The summed E-state index contributed by atoms with van der Waals surface area (Å²) in [5, 5.41) is 12.4. The van der Waals surface area contributed by atoms with Crippen LogP contribution in [0.5, 0.6) is 5.75 Å². The van der Waals surface area contributed by atoms with Gasteiger partial charge in [-0.3, -0.25) is 0 Å². The van der Waals surface area contributed by atoms with Gasteiger partial charge in [-0.05, 0) is 60.1 Å². The summed E-state index contributed by atoms with van der Waals surface area (Å²) >= 11 is 0. The molecule has 1 aromatic heterocycles. The molecule has 0 aliphatic heterocycles. The number of anilines is 1.